The van der Waals surface area contributed by atoms with Crippen molar-refractivity contribution >= 4 is 15.9 Å². The molecule has 2 atom stereocenters. The molecule has 1 aromatic carbocycles. The minimum atomic E-state index is 0.146. The molecule has 0 aliphatic heterocycles. The van der Waals surface area contributed by atoms with Crippen LogP contribution >= 0.6 is 15.9 Å². The maximum absolute atomic E-state index is 5.56. The van der Waals surface area contributed by atoms with E-state index in [1.54, 1.807) is 7.11 Å². The Labute approximate surface area is 122 Å². The number of hydrogen-bond acceptors (Lipinski definition) is 3. The number of halogens is 1. The third-order valence-corrected chi connectivity index (χ3v) is 3.54. The van der Waals surface area contributed by atoms with Crippen molar-refractivity contribution < 1.29 is 9.15 Å². The van der Waals surface area contributed by atoms with E-state index in [1.807, 2.05) is 30.3 Å². The first-order chi connectivity index (χ1) is 9.10. The van der Waals surface area contributed by atoms with Gasteiger partial charge in [0.05, 0.1) is 13.2 Å². The second kappa shape index (κ2) is 6.26. The maximum Gasteiger partial charge on any atom is 0.169 e. The zero-order valence-electron chi connectivity index (χ0n) is 11.3. The molecule has 0 saturated heterocycles. The largest absolute Gasteiger partial charge is 0.497 e. The zero-order valence-corrected chi connectivity index (χ0v) is 12.9. The molecule has 0 saturated carbocycles. The Balaban J connectivity index is 2.05. The van der Waals surface area contributed by atoms with Gasteiger partial charge in [-0.15, -0.1) is 0 Å². The SMILES string of the molecule is COc1cccc(C(C)NC(C)c2ccc(Br)o2)c1. The number of benzene rings is 1. The summed E-state index contributed by atoms with van der Waals surface area (Å²) in [6.07, 6.45) is 0. The topological polar surface area (TPSA) is 34.4 Å². The zero-order chi connectivity index (χ0) is 13.8. The maximum atomic E-state index is 5.56. The van der Waals surface area contributed by atoms with E-state index in [1.165, 1.54) is 5.56 Å². The molecule has 2 rings (SSSR count). The van der Waals surface area contributed by atoms with Crippen LogP contribution in [0.5, 0.6) is 5.75 Å². The van der Waals surface area contributed by atoms with E-state index >= 15 is 0 Å². The van der Waals surface area contributed by atoms with Crippen LogP contribution in [0.15, 0.2) is 45.5 Å². The molecule has 1 N–H and O–H groups in total. The summed E-state index contributed by atoms with van der Waals surface area (Å²) >= 11 is 3.32. The Hall–Kier alpha value is -1.26. The van der Waals surface area contributed by atoms with Gasteiger partial charge in [0, 0.05) is 6.04 Å². The highest BCUT2D eigenvalue weighted by atomic mass is 79.9. The van der Waals surface area contributed by atoms with Crippen molar-refractivity contribution in [2.24, 2.45) is 0 Å². The fraction of sp³-hybridized carbons (Fsp3) is 0.333. The summed E-state index contributed by atoms with van der Waals surface area (Å²) in [4.78, 5) is 0. The fourth-order valence-electron chi connectivity index (χ4n) is 2.03. The van der Waals surface area contributed by atoms with Crippen molar-refractivity contribution in [3.8, 4) is 5.75 Å². The molecule has 2 aromatic rings. The summed E-state index contributed by atoms with van der Waals surface area (Å²) < 4.78 is 11.6. The Bertz CT molecular complexity index is 538. The van der Waals surface area contributed by atoms with Crippen molar-refractivity contribution in [3.05, 3.63) is 52.4 Å². The van der Waals surface area contributed by atoms with Crippen LogP contribution in [0.25, 0.3) is 0 Å². The van der Waals surface area contributed by atoms with Gasteiger partial charge in [-0.2, -0.15) is 0 Å². The first kappa shape index (κ1) is 14.2. The summed E-state index contributed by atoms with van der Waals surface area (Å²) in [5.74, 6) is 1.79. The number of hydrogen-bond donors (Lipinski definition) is 1. The molecule has 4 heteroatoms. The van der Waals surface area contributed by atoms with Gasteiger partial charge >= 0.3 is 0 Å². The van der Waals surface area contributed by atoms with Crippen LogP contribution in [0.2, 0.25) is 0 Å². The molecule has 2 unspecified atom stereocenters. The van der Waals surface area contributed by atoms with Crippen molar-refractivity contribution in [2.45, 2.75) is 25.9 Å². The molecule has 0 radical (unpaired) electrons. The Morgan fingerprint density at radius 3 is 2.58 bits per heavy atom. The third-order valence-electron chi connectivity index (χ3n) is 3.11. The first-order valence-electron chi connectivity index (χ1n) is 6.25. The summed E-state index contributed by atoms with van der Waals surface area (Å²) in [5.41, 5.74) is 1.19. The van der Waals surface area contributed by atoms with E-state index < -0.39 is 0 Å². The van der Waals surface area contributed by atoms with E-state index in [-0.39, 0.29) is 12.1 Å². The predicted molar refractivity (Wildman–Crippen MR) is 79.4 cm³/mol. The lowest BCUT2D eigenvalue weighted by Crippen LogP contribution is -2.22. The molecule has 0 bridgehead atoms. The molecule has 0 aliphatic carbocycles. The summed E-state index contributed by atoms with van der Waals surface area (Å²) in [6.45, 7) is 4.21. The van der Waals surface area contributed by atoms with E-state index in [0.29, 0.717) is 0 Å². The summed E-state index contributed by atoms with van der Waals surface area (Å²) in [7, 11) is 1.68. The number of nitrogens with one attached hydrogen (secondary N) is 1. The van der Waals surface area contributed by atoms with Gasteiger partial charge in [0.2, 0.25) is 0 Å². The average molecular weight is 324 g/mol. The van der Waals surface area contributed by atoms with Gasteiger partial charge in [-0.3, -0.25) is 0 Å². The lowest BCUT2D eigenvalue weighted by Gasteiger charge is -2.19. The Morgan fingerprint density at radius 1 is 1.16 bits per heavy atom. The lowest BCUT2D eigenvalue weighted by atomic mass is 10.1. The van der Waals surface area contributed by atoms with Crippen LogP contribution in [0.3, 0.4) is 0 Å². The highest BCUT2D eigenvalue weighted by Gasteiger charge is 2.14. The smallest absolute Gasteiger partial charge is 0.169 e. The fourth-order valence-corrected chi connectivity index (χ4v) is 2.34. The van der Waals surface area contributed by atoms with Crippen LogP contribution in [-0.2, 0) is 0 Å². The van der Waals surface area contributed by atoms with E-state index in [9.17, 15) is 0 Å². The van der Waals surface area contributed by atoms with Crippen LogP contribution < -0.4 is 10.1 Å². The normalized spacial score (nSPS) is 14.1. The van der Waals surface area contributed by atoms with E-state index in [0.717, 1.165) is 16.2 Å². The van der Waals surface area contributed by atoms with Crippen molar-refractivity contribution in [2.75, 3.05) is 7.11 Å². The Morgan fingerprint density at radius 2 is 1.95 bits per heavy atom. The van der Waals surface area contributed by atoms with Gasteiger partial charge in [-0.05, 0) is 59.6 Å². The minimum Gasteiger partial charge on any atom is -0.497 e. The molecule has 0 aliphatic rings. The number of methoxy groups -OCH3 is 1. The second-order valence-electron chi connectivity index (χ2n) is 4.53. The van der Waals surface area contributed by atoms with E-state index in [2.05, 4.69) is 41.2 Å². The minimum absolute atomic E-state index is 0.146. The molecule has 19 heavy (non-hydrogen) atoms. The predicted octanol–water partition coefficient (Wildman–Crippen LogP) is 4.46. The van der Waals surface area contributed by atoms with Gasteiger partial charge in [0.15, 0.2) is 4.67 Å². The number of furan rings is 1. The molecule has 1 aromatic heterocycles. The van der Waals surface area contributed by atoms with Crippen LogP contribution in [-0.4, -0.2) is 7.11 Å². The molecular formula is C15H18BrNO2. The summed E-state index contributed by atoms with van der Waals surface area (Å²) in [6, 6.07) is 12.3. The Kier molecular flexibility index (Phi) is 4.66. The average Bonchev–Trinajstić information content (AvgIpc) is 2.85. The standard InChI is InChI=1S/C15H18BrNO2/c1-10(12-5-4-6-13(9-12)18-3)17-11(2)14-7-8-15(16)19-14/h4-11,17H,1-3H3. The molecule has 1 heterocycles. The van der Waals surface area contributed by atoms with Crippen LogP contribution in [0.4, 0.5) is 0 Å². The van der Waals surface area contributed by atoms with Crippen molar-refractivity contribution in [1.29, 1.82) is 0 Å². The lowest BCUT2D eigenvalue weighted by molar-refractivity contribution is 0.391. The molecule has 0 amide bonds. The highest BCUT2D eigenvalue weighted by Crippen LogP contribution is 2.24. The monoisotopic (exact) mass is 323 g/mol. The highest BCUT2D eigenvalue weighted by molar-refractivity contribution is 9.10. The number of ether oxygens (including phenoxy) is 1. The van der Waals surface area contributed by atoms with Gasteiger partial charge in [-0.1, -0.05) is 12.1 Å². The van der Waals surface area contributed by atoms with Crippen LogP contribution in [0, 0.1) is 0 Å². The number of rotatable bonds is 5. The quantitative estimate of drug-likeness (QED) is 0.881. The molecule has 3 nitrogen and oxygen atoms in total. The van der Waals surface area contributed by atoms with Gasteiger partial charge in [0.1, 0.15) is 11.5 Å². The first-order valence-corrected chi connectivity index (χ1v) is 7.04. The molecular weight excluding hydrogens is 306 g/mol. The van der Waals surface area contributed by atoms with Gasteiger partial charge in [-0.25, -0.2) is 0 Å². The second-order valence-corrected chi connectivity index (χ2v) is 5.31. The van der Waals surface area contributed by atoms with Crippen molar-refractivity contribution in [1.82, 2.24) is 5.32 Å². The van der Waals surface area contributed by atoms with Crippen LogP contribution in [0.1, 0.15) is 37.3 Å². The summed E-state index contributed by atoms with van der Waals surface area (Å²) in [5, 5.41) is 3.51. The molecule has 0 spiro atoms. The van der Waals surface area contributed by atoms with E-state index in [4.69, 9.17) is 9.15 Å². The van der Waals surface area contributed by atoms with Gasteiger partial charge in [0.25, 0.3) is 0 Å². The molecule has 0 fully saturated rings. The molecule has 102 valence electrons. The third kappa shape index (κ3) is 3.61. The van der Waals surface area contributed by atoms with Crippen molar-refractivity contribution in [3.63, 3.8) is 0 Å². The van der Waals surface area contributed by atoms with Gasteiger partial charge < -0.3 is 14.5 Å².